The summed E-state index contributed by atoms with van der Waals surface area (Å²) in [6.07, 6.45) is 1.14. The number of halogens is 2. The molecular formula is C11H16BrClN2. The molecule has 1 aromatic carbocycles. The van der Waals surface area contributed by atoms with E-state index in [2.05, 4.69) is 26.6 Å². The third kappa shape index (κ3) is 4.98. The Balaban J connectivity index is 2.28. The Hall–Kier alpha value is -0.0900. The van der Waals surface area contributed by atoms with Gasteiger partial charge < -0.3 is 10.6 Å². The second-order valence-corrected chi connectivity index (χ2v) is 4.64. The fourth-order valence-corrected chi connectivity index (χ4v) is 1.82. The van der Waals surface area contributed by atoms with Crippen molar-refractivity contribution in [3.63, 3.8) is 0 Å². The minimum absolute atomic E-state index is 0.758. The summed E-state index contributed by atoms with van der Waals surface area (Å²) < 4.78 is 0.957. The number of hydrogen-bond donors (Lipinski definition) is 2. The van der Waals surface area contributed by atoms with Crippen molar-refractivity contribution in [1.29, 1.82) is 0 Å². The summed E-state index contributed by atoms with van der Waals surface area (Å²) in [5, 5.41) is 7.26. The molecule has 15 heavy (non-hydrogen) atoms. The molecule has 0 saturated carbocycles. The van der Waals surface area contributed by atoms with Gasteiger partial charge in [0.25, 0.3) is 0 Å². The van der Waals surface area contributed by atoms with Gasteiger partial charge in [-0.15, -0.1) is 0 Å². The van der Waals surface area contributed by atoms with Crippen LogP contribution in [-0.2, 0) is 6.54 Å². The summed E-state index contributed by atoms with van der Waals surface area (Å²) in [6.45, 7) is 2.97. The average molecular weight is 292 g/mol. The van der Waals surface area contributed by atoms with Gasteiger partial charge in [-0.2, -0.15) is 0 Å². The van der Waals surface area contributed by atoms with E-state index >= 15 is 0 Å². The first-order valence-corrected chi connectivity index (χ1v) is 6.20. The molecule has 2 nitrogen and oxygen atoms in total. The molecule has 2 N–H and O–H groups in total. The molecule has 0 saturated heterocycles. The molecule has 0 fully saturated rings. The molecule has 0 unspecified atom stereocenters. The van der Waals surface area contributed by atoms with Crippen LogP contribution in [0.15, 0.2) is 22.7 Å². The lowest BCUT2D eigenvalue weighted by Gasteiger charge is -2.05. The second-order valence-electron chi connectivity index (χ2n) is 3.38. The van der Waals surface area contributed by atoms with Gasteiger partial charge in [-0.05, 0) is 60.2 Å². The van der Waals surface area contributed by atoms with E-state index in [1.54, 1.807) is 0 Å². The van der Waals surface area contributed by atoms with Gasteiger partial charge >= 0.3 is 0 Å². The molecule has 0 aromatic heterocycles. The van der Waals surface area contributed by atoms with Crippen LogP contribution in [-0.4, -0.2) is 20.1 Å². The van der Waals surface area contributed by atoms with E-state index in [9.17, 15) is 0 Å². The molecule has 0 amide bonds. The highest BCUT2D eigenvalue weighted by molar-refractivity contribution is 9.10. The van der Waals surface area contributed by atoms with Crippen molar-refractivity contribution in [1.82, 2.24) is 10.6 Å². The first-order valence-electron chi connectivity index (χ1n) is 5.03. The lowest BCUT2D eigenvalue weighted by Crippen LogP contribution is -2.19. The number of benzene rings is 1. The van der Waals surface area contributed by atoms with Crippen LogP contribution >= 0.6 is 27.5 Å². The largest absolute Gasteiger partial charge is 0.320 e. The van der Waals surface area contributed by atoms with Gasteiger partial charge in [-0.1, -0.05) is 17.7 Å². The zero-order valence-electron chi connectivity index (χ0n) is 8.82. The summed E-state index contributed by atoms with van der Waals surface area (Å²) in [7, 11) is 1.97. The minimum Gasteiger partial charge on any atom is -0.320 e. The lowest BCUT2D eigenvalue weighted by molar-refractivity contribution is 0.625. The zero-order valence-corrected chi connectivity index (χ0v) is 11.2. The Morgan fingerprint density at radius 1 is 1.33 bits per heavy atom. The van der Waals surface area contributed by atoms with Gasteiger partial charge in [-0.3, -0.25) is 0 Å². The van der Waals surface area contributed by atoms with Crippen molar-refractivity contribution in [3.05, 3.63) is 33.3 Å². The highest BCUT2D eigenvalue weighted by Gasteiger charge is 1.98. The van der Waals surface area contributed by atoms with E-state index in [-0.39, 0.29) is 0 Å². The molecule has 0 atom stereocenters. The molecular weight excluding hydrogens is 275 g/mol. The predicted octanol–water partition coefficient (Wildman–Crippen LogP) is 2.80. The van der Waals surface area contributed by atoms with Gasteiger partial charge in [0.05, 0.1) is 5.02 Å². The van der Waals surface area contributed by atoms with E-state index < -0.39 is 0 Å². The average Bonchev–Trinajstić information content (AvgIpc) is 2.23. The van der Waals surface area contributed by atoms with Crippen molar-refractivity contribution in [2.75, 3.05) is 20.1 Å². The Morgan fingerprint density at radius 3 is 2.80 bits per heavy atom. The van der Waals surface area contributed by atoms with Crippen molar-refractivity contribution in [3.8, 4) is 0 Å². The van der Waals surface area contributed by atoms with Crippen LogP contribution in [0.5, 0.6) is 0 Å². The summed E-state index contributed by atoms with van der Waals surface area (Å²) >= 11 is 9.32. The normalized spacial score (nSPS) is 10.6. The van der Waals surface area contributed by atoms with Gasteiger partial charge in [0, 0.05) is 11.0 Å². The van der Waals surface area contributed by atoms with Gasteiger partial charge in [0.15, 0.2) is 0 Å². The molecule has 0 aliphatic rings. The molecule has 0 aliphatic carbocycles. The first-order chi connectivity index (χ1) is 7.24. The molecule has 84 valence electrons. The molecule has 0 spiro atoms. The van der Waals surface area contributed by atoms with Crippen molar-refractivity contribution in [2.24, 2.45) is 0 Å². The third-order valence-corrected chi connectivity index (χ3v) is 3.31. The second kappa shape index (κ2) is 7.23. The highest BCUT2D eigenvalue weighted by atomic mass is 79.9. The lowest BCUT2D eigenvalue weighted by atomic mass is 10.2. The van der Waals surface area contributed by atoms with Crippen LogP contribution < -0.4 is 10.6 Å². The quantitative estimate of drug-likeness (QED) is 0.788. The first kappa shape index (κ1) is 13.0. The third-order valence-electron chi connectivity index (χ3n) is 2.09. The van der Waals surface area contributed by atoms with Crippen LogP contribution in [0.2, 0.25) is 5.02 Å². The number of nitrogens with one attached hydrogen (secondary N) is 2. The maximum atomic E-state index is 5.91. The van der Waals surface area contributed by atoms with E-state index in [1.807, 2.05) is 25.2 Å². The van der Waals surface area contributed by atoms with Crippen LogP contribution in [0.4, 0.5) is 0 Å². The predicted molar refractivity (Wildman–Crippen MR) is 69.4 cm³/mol. The van der Waals surface area contributed by atoms with E-state index in [1.165, 1.54) is 5.56 Å². The van der Waals surface area contributed by atoms with Crippen molar-refractivity contribution < 1.29 is 0 Å². The zero-order chi connectivity index (χ0) is 11.1. The van der Waals surface area contributed by atoms with Crippen LogP contribution in [0, 0.1) is 0 Å². The minimum atomic E-state index is 0.758. The van der Waals surface area contributed by atoms with Crippen molar-refractivity contribution in [2.45, 2.75) is 13.0 Å². The number of rotatable bonds is 6. The fourth-order valence-electron chi connectivity index (χ4n) is 1.27. The topological polar surface area (TPSA) is 24.1 Å². The Morgan fingerprint density at radius 2 is 2.13 bits per heavy atom. The molecule has 0 bridgehead atoms. The van der Waals surface area contributed by atoms with Crippen LogP contribution in [0.25, 0.3) is 0 Å². The molecule has 0 heterocycles. The fraction of sp³-hybridized carbons (Fsp3) is 0.455. The summed E-state index contributed by atoms with van der Waals surface area (Å²) in [6, 6.07) is 6.00. The smallest absolute Gasteiger partial charge is 0.0548 e. The molecule has 0 aliphatic heterocycles. The summed E-state index contributed by atoms with van der Waals surface area (Å²) in [5.41, 5.74) is 1.25. The maximum Gasteiger partial charge on any atom is 0.0548 e. The Kier molecular flexibility index (Phi) is 6.25. The molecule has 0 radical (unpaired) electrons. The van der Waals surface area contributed by atoms with E-state index in [4.69, 9.17) is 11.6 Å². The molecule has 1 aromatic rings. The highest BCUT2D eigenvalue weighted by Crippen LogP contribution is 2.22. The number of hydrogen-bond acceptors (Lipinski definition) is 2. The van der Waals surface area contributed by atoms with E-state index in [0.717, 1.165) is 35.6 Å². The van der Waals surface area contributed by atoms with Crippen LogP contribution in [0.1, 0.15) is 12.0 Å². The monoisotopic (exact) mass is 290 g/mol. The van der Waals surface area contributed by atoms with Gasteiger partial charge in [-0.25, -0.2) is 0 Å². The van der Waals surface area contributed by atoms with Gasteiger partial charge in [0.2, 0.25) is 0 Å². The van der Waals surface area contributed by atoms with Crippen LogP contribution in [0.3, 0.4) is 0 Å². The Labute approximate surface area is 105 Å². The SMILES string of the molecule is CNCCCNCc1ccc(Cl)c(Br)c1. The molecule has 1 rings (SSSR count). The molecule has 4 heteroatoms. The maximum absolute atomic E-state index is 5.91. The standard InChI is InChI=1S/C11H16BrClN2/c1-14-5-2-6-15-8-9-3-4-11(13)10(12)7-9/h3-4,7,14-15H,2,5-6,8H2,1H3. The Bertz CT molecular complexity index is 305. The summed E-state index contributed by atoms with van der Waals surface area (Å²) in [4.78, 5) is 0. The summed E-state index contributed by atoms with van der Waals surface area (Å²) in [5.74, 6) is 0. The van der Waals surface area contributed by atoms with Crippen molar-refractivity contribution >= 4 is 27.5 Å². The van der Waals surface area contributed by atoms with Gasteiger partial charge in [0.1, 0.15) is 0 Å². The van der Waals surface area contributed by atoms with E-state index in [0.29, 0.717) is 0 Å².